The molecule has 1 aromatic rings. The minimum absolute atomic E-state index is 0.0432. The second-order valence-electron chi connectivity index (χ2n) is 9.37. The molecule has 0 aromatic heterocycles. The number of fused-ring (bicyclic) bond motifs is 3. The first-order valence-corrected chi connectivity index (χ1v) is 12.9. The van der Waals surface area contributed by atoms with Crippen LogP contribution in [0, 0.1) is 29.6 Å². The van der Waals surface area contributed by atoms with Crippen molar-refractivity contribution in [3.63, 3.8) is 0 Å². The van der Waals surface area contributed by atoms with Crippen molar-refractivity contribution < 1.29 is 33.9 Å². The fourth-order valence-corrected chi connectivity index (χ4v) is 5.74. The number of allylic oxidation sites excluding steroid dienone is 2. The molecular weight excluding hydrogens is 486 g/mol. The van der Waals surface area contributed by atoms with Crippen LogP contribution in [-0.4, -0.2) is 63.9 Å². The number of primary amides is 1. The topological polar surface area (TPSA) is 170 Å². The van der Waals surface area contributed by atoms with Crippen LogP contribution in [0.15, 0.2) is 23.0 Å². The van der Waals surface area contributed by atoms with Gasteiger partial charge in [0, 0.05) is 38.0 Å². The van der Waals surface area contributed by atoms with Gasteiger partial charge in [0.05, 0.1) is 34.6 Å². The Kier molecular flexibility index (Phi) is 6.68. The van der Waals surface area contributed by atoms with Crippen molar-refractivity contribution in [2.45, 2.75) is 19.3 Å². The van der Waals surface area contributed by atoms with Crippen LogP contribution in [0.25, 0.3) is 5.76 Å². The average molecular weight is 514 g/mol. The van der Waals surface area contributed by atoms with Crippen LogP contribution in [0.1, 0.15) is 29.5 Å². The standard InChI is InChI=1S/C25H27N3O7S/c1-28(2)15-9-11(5-4-6-27-36(3)35)21(30)19-14(15)8-12-7-13-10-16(29)20(25(26)34)24(33)18(13)22(31)17(12)23(19)32/h9,12-13,18,27,30,32-33H,6-8,10H2,1-3H3,(H2,26,34). The van der Waals surface area contributed by atoms with Crippen LogP contribution in [0.4, 0.5) is 5.69 Å². The summed E-state index contributed by atoms with van der Waals surface area (Å²) in [5, 5.41) is 33.0. The zero-order valence-electron chi connectivity index (χ0n) is 20.0. The number of nitrogens with one attached hydrogen (secondary N) is 1. The van der Waals surface area contributed by atoms with E-state index in [1.54, 1.807) is 20.2 Å². The number of phenolic OH excluding ortho intramolecular Hbond substituents is 1. The van der Waals surface area contributed by atoms with E-state index in [0.29, 0.717) is 24.1 Å². The monoisotopic (exact) mass is 513 g/mol. The van der Waals surface area contributed by atoms with Crippen molar-refractivity contribution in [1.29, 1.82) is 0 Å². The van der Waals surface area contributed by atoms with Crippen molar-refractivity contribution in [3.05, 3.63) is 39.7 Å². The Morgan fingerprint density at radius 1 is 1.25 bits per heavy atom. The van der Waals surface area contributed by atoms with Crippen molar-refractivity contribution in [2.75, 3.05) is 31.8 Å². The number of aliphatic hydroxyl groups excluding tert-OH is 2. The van der Waals surface area contributed by atoms with Gasteiger partial charge in [0.1, 0.15) is 22.8 Å². The number of anilines is 1. The normalized spacial score (nSPS) is 23.8. The molecule has 0 saturated heterocycles. The molecule has 1 saturated carbocycles. The van der Waals surface area contributed by atoms with E-state index in [1.807, 2.05) is 4.90 Å². The lowest BCUT2D eigenvalue weighted by Crippen LogP contribution is -2.44. The molecule has 4 atom stereocenters. The van der Waals surface area contributed by atoms with Crippen LogP contribution in [0.3, 0.4) is 0 Å². The molecule has 1 fully saturated rings. The lowest BCUT2D eigenvalue weighted by molar-refractivity contribution is -0.127. The summed E-state index contributed by atoms with van der Waals surface area (Å²) in [7, 11) is 2.35. The zero-order valence-corrected chi connectivity index (χ0v) is 20.9. The number of Topliss-reactive ketones (excluding diaryl/α,β-unsaturated/α-hetero) is 2. The number of benzene rings is 1. The Hall–Kier alpha value is -3.62. The Morgan fingerprint density at radius 3 is 2.56 bits per heavy atom. The van der Waals surface area contributed by atoms with Crippen LogP contribution in [-0.2, 0) is 31.8 Å². The number of phenols is 1. The van der Waals surface area contributed by atoms with Gasteiger partial charge in [-0.1, -0.05) is 11.8 Å². The summed E-state index contributed by atoms with van der Waals surface area (Å²) in [6.45, 7) is 0.111. The molecule has 1 amide bonds. The number of nitrogens with zero attached hydrogens (tertiary/aromatic N) is 1. The Labute approximate surface area is 210 Å². The summed E-state index contributed by atoms with van der Waals surface area (Å²) in [5.74, 6) is -0.211. The van der Waals surface area contributed by atoms with Crippen molar-refractivity contribution >= 4 is 39.9 Å². The SMILES string of the molecule is CN(C)c1cc(C#CCNS(C)=O)c(O)c2c1CC1CC3CC(=O)C(C(N)=O)=C(O)C3C(=O)C1=C2O. The molecule has 0 spiro atoms. The van der Waals surface area contributed by atoms with Crippen molar-refractivity contribution in [1.82, 2.24) is 4.72 Å². The summed E-state index contributed by atoms with van der Waals surface area (Å²) in [5.41, 5.74) is 6.36. The van der Waals surface area contributed by atoms with Crippen LogP contribution >= 0.6 is 0 Å². The van der Waals surface area contributed by atoms with Gasteiger partial charge in [-0.25, -0.2) is 8.93 Å². The predicted octanol–water partition coefficient (Wildman–Crippen LogP) is 0.610. The van der Waals surface area contributed by atoms with E-state index < -0.39 is 63.3 Å². The summed E-state index contributed by atoms with van der Waals surface area (Å²) < 4.78 is 13.9. The molecule has 36 heavy (non-hydrogen) atoms. The maximum Gasteiger partial charge on any atom is 0.255 e. The highest BCUT2D eigenvalue weighted by atomic mass is 32.2. The van der Waals surface area contributed by atoms with Crippen LogP contribution in [0.2, 0.25) is 0 Å². The van der Waals surface area contributed by atoms with Crippen molar-refractivity contribution in [3.8, 4) is 17.6 Å². The van der Waals surface area contributed by atoms with Gasteiger partial charge in [-0.15, -0.1) is 0 Å². The third-order valence-electron chi connectivity index (χ3n) is 6.93. The Bertz CT molecular complexity index is 1350. The van der Waals surface area contributed by atoms with Gasteiger partial charge in [0.25, 0.3) is 5.91 Å². The molecule has 10 nitrogen and oxygen atoms in total. The molecule has 190 valence electrons. The highest BCUT2D eigenvalue weighted by molar-refractivity contribution is 7.82. The predicted molar refractivity (Wildman–Crippen MR) is 133 cm³/mol. The fourth-order valence-electron chi connectivity index (χ4n) is 5.46. The van der Waals surface area contributed by atoms with Gasteiger partial charge >= 0.3 is 0 Å². The second kappa shape index (κ2) is 9.44. The summed E-state index contributed by atoms with van der Waals surface area (Å²) in [6.07, 6.45) is 2.01. The molecule has 3 aliphatic rings. The molecule has 3 aliphatic carbocycles. The first-order valence-electron chi connectivity index (χ1n) is 11.3. The molecule has 11 heteroatoms. The number of rotatable bonds is 4. The smallest absolute Gasteiger partial charge is 0.255 e. The van der Waals surface area contributed by atoms with Gasteiger partial charge in [-0.05, 0) is 36.3 Å². The Morgan fingerprint density at radius 2 is 1.94 bits per heavy atom. The molecule has 0 radical (unpaired) electrons. The van der Waals surface area contributed by atoms with E-state index in [0.717, 1.165) is 0 Å². The lowest BCUT2D eigenvalue weighted by Gasteiger charge is -2.41. The number of ketones is 2. The number of aromatic hydroxyl groups is 1. The zero-order chi connectivity index (χ0) is 26.5. The molecule has 6 N–H and O–H groups in total. The van der Waals surface area contributed by atoms with Gasteiger partial charge < -0.3 is 26.0 Å². The van der Waals surface area contributed by atoms with Gasteiger partial charge in [0.15, 0.2) is 11.6 Å². The van der Waals surface area contributed by atoms with E-state index in [1.165, 1.54) is 6.26 Å². The number of aliphatic hydroxyl groups is 2. The summed E-state index contributed by atoms with van der Waals surface area (Å²) >= 11 is 0. The summed E-state index contributed by atoms with van der Waals surface area (Å²) in [6, 6.07) is 1.69. The molecule has 0 aliphatic heterocycles. The van der Waals surface area contributed by atoms with E-state index in [2.05, 4.69) is 16.6 Å². The second-order valence-corrected chi connectivity index (χ2v) is 10.6. The number of hydrogen-bond donors (Lipinski definition) is 5. The van der Waals surface area contributed by atoms with E-state index in [4.69, 9.17) is 5.73 Å². The maximum atomic E-state index is 13.6. The van der Waals surface area contributed by atoms with Gasteiger partial charge in [-0.3, -0.25) is 14.4 Å². The Balaban J connectivity index is 1.86. The minimum Gasteiger partial charge on any atom is -0.511 e. The fraction of sp³-hybridized carbons (Fsp3) is 0.400. The summed E-state index contributed by atoms with van der Waals surface area (Å²) in [4.78, 5) is 39.5. The average Bonchev–Trinajstić information content (AvgIpc) is 2.76. The minimum atomic E-state index is -1.25. The maximum absolute atomic E-state index is 13.6. The number of carbonyl (C=O) groups excluding carboxylic acids is 3. The number of hydrogen-bond acceptors (Lipinski definition) is 8. The molecular formula is C25H27N3O7S. The highest BCUT2D eigenvalue weighted by Gasteiger charge is 2.51. The third kappa shape index (κ3) is 4.16. The largest absolute Gasteiger partial charge is 0.511 e. The quantitative estimate of drug-likeness (QED) is 0.288. The van der Waals surface area contributed by atoms with E-state index >= 15 is 0 Å². The van der Waals surface area contributed by atoms with Crippen molar-refractivity contribution in [2.24, 2.45) is 23.5 Å². The van der Waals surface area contributed by atoms with Crippen LogP contribution < -0.4 is 15.4 Å². The lowest BCUT2D eigenvalue weighted by atomic mass is 9.61. The van der Waals surface area contributed by atoms with E-state index in [9.17, 15) is 33.9 Å². The first kappa shape index (κ1) is 25.5. The first-order chi connectivity index (χ1) is 16.9. The van der Waals surface area contributed by atoms with Crippen LogP contribution in [0.5, 0.6) is 5.75 Å². The highest BCUT2D eigenvalue weighted by Crippen LogP contribution is 2.52. The molecule has 4 rings (SSSR count). The molecule has 4 unspecified atom stereocenters. The number of nitrogens with two attached hydrogens (primary N) is 1. The van der Waals surface area contributed by atoms with E-state index in [-0.39, 0.29) is 35.4 Å². The van der Waals surface area contributed by atoms with Gasteiger partial charge in [0.2, 0.25) is 0 Å². The molecule has 0 heterocycles. The molecule has 1 aromatic carbocycles. The third-order valence-corrected chi connectivity index (χ3v) is 7.48. The molecule has 0 bridgehead atoms. The number of amides is 1. The van der Waals surface area contributed by atoms with Gasteiger partial charge in [-0.2, -0.15) is 0 Å². The number of carbonyl (C=O) groups is 3.